The Balaban J connectivity index is 1.16. The van der Waals surface area contributed by atoms with Crippen LogP contribution in [0.2, 0.25) is 0 Å². The largest absolute Gasteiger partial charge is 0.309 e. The van der Waals surface area contributed by atoms with E-state index < -0.39 is 0 Å². The van der Waals surface area contributed by atoms with Crippen molar-refractivity contribution in [3.05, 3.63) is 176 Å². The fraction of sp³-hybridized carbons (Fsp3) is 0. The highest BCUT2D eigenvalue weighted by Crippen LogP contribution is 2.50. The van der Waals surface area contributed by atoms with Gasteiger partial charge < -0.3 is 4.57 Å². The van der Waals surface area contributed by atoms with E-state index in [1.807, 2.05) is 0 Å². The van der Waals surface area contributed by atoms with Gasteiger partial charge in [-0.3, -0.25) is 0 Å². The first-order chi connectivity index (χ1) is 24.3. The van der Waals surface area contributed by atoms with Crippen molar-refractivity contribution in [3.8, 4) is 50.2 Å². The van der Waals surface area contributed by atoms with Crippen LogP contribution in [0.3, 0.4) is 0 Å². The fourth-order valence-corrected chi connectivity index (χ4v) is 8.76. The summed E-state index contributed by atoms with van der Waals surface area (Å²) in [6, 6.07) is 64.9. The van der Waals surface area contributed by atoms with Crippen molar-refractivity contribution in [2.75, 3.05) is 0 Å². The molecule has 0 saturated heterocycles. The van der Waals surface area contributed by atoms with Gasteiger partial charge in [-0.1, -0.05) is 152 Å². The molecule has 49 heavy (non-hydrogen) atoms. The standard InChI is InChI=1S/C48H29N/c1-2-12-30(13-3-1)44-34-16-4-6-18-36(34)46(37-19-7-5-17-35(37)44)32-26-28-33(29-27-32)49-42-24-10-22-40-38-20-8-14-31-15-9-21-39(45(31)38)41-23-11-25-43(49)48(41)47(40)42/h1-29H. The molecule has 1 aliphatic carbocycles. The molecule has 1 aliphatic rings. The molecule has 1 nitrogen and oxygen atoms in total. The maximum absolute atomic E-state index is 2.46. The van der Waals surface area contributed by atoms with Crippen LogP contribution in [-0.4, -0.2) is 4.57 Å². The maximum Gasteiger partial charge on any atom is 0.0547 e. The third-order valence-electron chi connectivity index (χ3n) is 10.7. The highest BCUT2D eigenvalue weighted by molar-refractivity contribution is 6.27. The molecule has 9 aromatic carbocycles. The third kappa shape index (κ3) is 3.65. The molecule has 0 radical (unpaired) electrons. The lowest BCUT2D eigenvalue weighted by molar-refractivity contribution is 1.18. The first kappa shape index (κ1) is 26.6. The van der Waals surface area contributed by atoms with Crippen molar-refractivity contribution >= 4 is 54.1 Å². The van der Waals surface area contributed by atoms with Crippen molar-refractivity contribution in [2.24, 2.45) is 0 Å². The lowest BCUT2D eigenvalue weighted by atomic mass is 9.86. The van der Waals surface area contributed by atoms with Gasteiger partial charge in [0.2, 0.25) is 0 Å². The minimum atomic E-state index is 1.17. The predicted octanol–water partition coefficient (Wildman–Crippen LogP) is 13.2. The van der Waals surface area contributed by atoms with Gasteiger partial charge in [0.25, 0.3) is 0 Å². The van der Waals surface area contributed by atoms with Crippen LogP contribution in [0.5, 0.6) is 0 Å². The summed E-state index contributed by atoms with van der Waals surface area (Å²) in [7, 11) is 0. The first-order valence-corrected chi connectivity index (χ1v) is 17.0. The minimum Gasteiger partial charge on any atom is -0.309 e. The van der Waals surface area contributed by atoms with Gasteiger partial charge in [-0.15, -0.1) is 0 Å². The summed E-state index contributed by atoms with van der Waals surface area (Å²) in [6.07, 6.45) is 0. The SMILES string of the molecule is c1ccc(-c2c3ccccc3c(-c3ccc(-n4c5cccc6c5c5c(cccc54)-c4cccc5cccc-6c45)cc3)c3ccccc23)cc1. The Morgan fingerprint density at radius 3 is 1.18 bits per heavy atom. The van der Waals surface area contributed by atoms with Crippen molar-refractivity contribution < 1.29 is 0 Å². The third-order valence-corrected chi connectivity index (χ3v) is 10.7. The first-order valence-electron chi connectivity index (χ1n) is 17.0. The molecule has 0 spiro atoms. The van der Waals surface area contributed by atoms with E-state index in [1.165, 1.54) is 104 Å². The average Bonchev–Trinajstić information content (AvgIpc) is 3.45. The second kappa shape index (κ2) is 10.0. The summed E-state index contributed by atoms with van der Waals surface area (Å²) in [5.74, 6) is 0. The zero-order valence-corrected chi connectivity index (χ0v) is 26.7. The molecule has 0 fully saturated rings. The quantitative estimate of drug-likeness (QED) is 0.173. The van der Waals surface area contributed by atoms with Crippen LogP contribution < -0.4 is 0 Å². The molecule has 226 valence electrons. The lowest BCUT2D eigenvalue weighted by Crippen LogP contribution is -1.95. The van der Waals surface area contributed by atoms with Crippen molar-refractivity contribution in [1.29, 1.82) is 0 Å². The van der Waals surface area contributed by atoms with E-state index in [-0.39, 0.29) is 0 Å². The molecule has 1 aromatic heterocycles. The van der Waals surface area contributed by atoms with Crippen molar-refractivity contribution in [1.82, 2.24) is 4.57 Å². The molecule has 0 unspecified atom stereocenters. The Hall–Kier alpha value is -6.44. The van der Waals surface area contributed by atoms with Gasteiger partial charge in [-0.25, -0.2) is 0 Å². The Morgan fingerprint density at radius 1 is 0.286 bits per heavy atom. The van der Waals surface area contributed by atoms with Gasteiger partial charge in [-0.05, 0) is 101 Å². The number of benzene rings is 9. The van der Waals surface area contributed by atoms with Crippen LogP contribution in [0.1, 0.15) is 0 Å². The summed E-state index contributed by atoms with van der Waals surface area (Å²) in [5, 5.41) is 10.4. The molecule has 0 atom stereocenters. The van der Waals surface area contributed by atoms with E-state index >= 15 is 0 Å². The average molecular weight is 620 g/mol. The predicted molar refractivity (Wildman–Crippen MR) is 209 cm³/mol. The lowest BCUT2D eigenvalue weighted by Gasteiger charge is -2.18. The van der Waals surface area contributed by atoms with Gasteiger partial charge in [0, 0.05) is 16.5 Å². The maximum atomic E-state index is 2.46. The molecular weight excluding hydrogens is 591 g/mol. The smallest absolute Gasteiger partial charge is 0.0547 e. The summed E-state index contributed by atoms with van der Waals surface area (Å²) in [5.41, 5.74) is 13.9. The van der Waals surface area contributed by atoms with Gasteiger partial charge in [0.15, 0.2) is 0 Å². The van der Waals surface area contributed by atoms with Gasteiger partial charge in [0.05, 0.1) is 11.0 Å². The summed E-state index contributed by atoms with van der Waals surface area (Å²) >= 11 is 0. The van der Waals surface area contributed by atoms with E-state index in [1.54, 1.807) is 0 Å². The Bertz CT molecular complexity index is 2810. The monoisotopic (exact) mass is 619 g/mol. The second-order valence-electron chi connectivity index (χ2n) is 13.2. The van der Waals surface area contributed by atoms with E-state index in [4.69, 9.17) is 0 Å². The zero-order chi connectivity index (χ0) is 32.1. The Kier molecular flexibility index (Phi) is 5.45. The van der Waals surface area contributed by atoms with Gasteiger partial charge in [-0.2, -0.15) is 0 Å². The van der Waals surface area contributed by atoms with Crippen LogP contribution >= 0.6 is 0 Å². The molecule has 0 amide bonds. The minimum absolute atomic E-state index is 1.17. The Morgan fingerprint density at radius 2 is 0.694 bits per heavy atom. The number of nitrogens with zero attached hydrogens (tertiary/aromatic N) is 1. The topological polar surface area (TPSA) is 4.93 Å². The summed E-state index contributed by atoms with van der Waals surface area (Å²) < 4.78 is 2.46. The highest BCUT2D eigenvalue weighted by atomic mass is 15.0. The van der Waals surface area contributed by atoms with Crippen LogP contribution in [0.15, 0.2) is 176 Å². The van der Waals surface area contributed by atoms with Crippen LogP contribution in [0.25, 0.3) is 104 Å². The molecule has 0 saturated carbocycles. The van der Waals surface area contributed by atoms with Gasteiger partial charge >= 0.3 is 0 Å². The van der Waals surface area contributed by atoms with E-state index in [2.05, 4.69) is 180 Å². The van der Waals surface area contributed by atoms with Crippen molar-refractivity contribution in [2.45, 2.75) is 0 Å². The van der Waals surface area contributed by atoms with Crippen LogP contribution in [0.4, 0.5) is 0 Å². The summed E-state index contributed by atoms with van der Waals surface area (Å²) in [6.45, 7) is 0. The molecule has 1 heterocycles. The second-order valence-corrected chi connectivity index (χ2v) is 13.2. The molecule has 0 N–H and O–H groups in total. The van der Waals surface area contributed by atoms with Crippen LogP contribution in [-0.2, 0) is 0 Å². The van der Waals surface area contributed by atoms with Crippen molar-refractivity contribution in [3.63, 3.8) is 0 Å². The van der Waals surface area contributed by atoms with E-state index in [0.717, 1.165) is 0 Å². The van der Waals surface area contributed by atoms with Gasteiger partial charge in [0.1, 0.15) is 0 Å². The van der Waals surface area contributed by atoms with Crippen LogP contribution in [0, 0.1) is 0 Å². The molecule has 11 rings (SSSR count). The molecular formula is C48H29N. The van der Waals surface area contributed by atoms with E-state index in [0.29, 0.717) is 0 Å². The normalized spacial score (nSPS) is 12.1. The molecule has 10 aromatic rings. The number of hydrogen-bond donors (Lipinski definition) is 0. The molecule has 1 heteroatoms. The Labute approximate surface area is 283 Å². The number of rotatable bonds is 3. The van der Waals surface area contributed by atoms with E-state index in [9.17, 15) is 0 Å². The number of fused-ring (bicyclic) bond motifs is 4. The number of aromatic nitrogens is 1. The number of hydrogen-bond acceptors (Lipinski definition) is 0. The summed E-state index contributed by atoms with van der Waals surface area (Å²) in [4.78, 5) is 0. The highest BCUT2D eigenvalue weighted by Gasteiger charge is 2.24. The molecule has 0 bridgehead atoms. The zero-order valence-electron chi connectivity index (χ0n) is 26.7. The fourth-order valence-electron chi connectivity index (χ4n) is 8.76. The molecule has 0 aliphatic heterocycles.